The second-order valence-corrected chi connectivity index (χ2v) is 4.18. The van der Waals surface area contributed by atoms with Crippen LogP contribution >= 0.6 is 0 Å². The number of aromatic nitrogens is 5. The van der Waals surface area contributed by atoms with Crippen LogP contribution in [0.25, 0.3) is 5.82 Å². The molecule has 1 N–H and O–H groups in total. The zero-order chi connectivity index (χ0) is 13.8. The van der Waals surface area contributed by atoms with E-state index in [0.29, 0.717) is 5.82 Å². The summed E-state index contributed by atoms with van der Waals surface area (Å²) in [6.07, 6.45) is 5.40. The van der Waals surface area contributed by atoms with Crippen molar-refractivity contribution in [2.24, 2.45) is 0 Å². The van der Waals surface area contributed by atoms with Gasteiger partial charge in [0.2, 0.25) is 0 Å². The highest BCUT2D eigenvalue weighted by Gasteiger charge is 2.14. The zero-order valence-corrected chi connectivity index (χ0v) is 11.2. The average Bonchev–Trinajstić information content (AvgIpc) is 2.95. The molecule has 2 aromatic heterocycles. The van der Waals surface area contributed by atoms with Crippen molar-refractivity contribution in [3.63, 3.8) is 0 Å². The van der Waals surface area contributed by atoms with Crippen LogP contribution in [-0.4, -0.2) is 37.7 Å². The fraction of sp³-hybridized carbons (Fsp3) is 0.417. The molecule has 0 aliphatic rings. The number of carbonyl (C=O) groups excluding carboxylic acids is 1. The molecule has 1 atom stereocenters. The maximum Gasteiger partial charge on any atom is 0.271 e. The van der Waals surface area contributed by atoms with E-state index in [9.17, 15) is 4.79 Å². The van der Waals surface area contributed by atoms with Gasteiger partial charge in [-0.15, -0.1) is 0 Å². The smallest absolute Gasteiger partial charge is 0.271 e. The van der Waals surface area contributed by atoms with E-state index in [1.165, 1.54) is 18.7 Å². The Labute approximate surface area is 111 Å². The second-order valence-electron chi connectivity index (χ2n) is 4.18. The Bertz CT molecular complexity index is 562. The van der Waals surface area contributed by atoms with Crippen LogP contribution in [-0.2, 0) is 0 Å². The maximum atomic E-state index is 11.4. The molecular formula is C12H16N6O. The van der Waals surface area contributed by atoms with Gasteiger partial charge in [0.15, 0.2) is 5.82 Å². The summed E-state index contributed by atoms with van der Waals surface area (Å²) in [6, 6.07) is 0. The van der Waals surface area contributed by atoms with E-state index in [0.717, 1.165) is 12.2 Å². The molecule has 0 saturated carbocycles. The predicted molar refractivity (Wildman–Crippen MR) is 69.0 cm³/mol. The van der Waals surface area contributed by atoms with Crippen molar-refractivity contribution in [2.45, 2.75) is 26.2 Å². The highest BCUT2D eigenvalue weighted by Crippen LogP contribution is 2.17. The average molecular weight is 260 g/mol. The van der Waals surface area contributed by atoms with Gasteiger partial charge >= 0.3 is 0 Å². The Hall–Kier alpha value is -2.31. The molecule has 0 spiro atoms. The first-order valence-corrected chi connectivity index (χ1v) is 6.11. The van der Waals surface area contributed by atoms with Crippen molar-refractivity contribution in [3.8, 4) is 5.82 Å². The van der Waals surface area contributed by atoms with Crippen molar-refractivity contribution in [1.82, 2.24) is 30.0 Å². The first-order chi connectivity index (χ1) is 9.17. The second kappa shape index (κ2) is 5.55. The minimum atomic E-state index is -0.264. The summed E-state index contributed by atoms with van der Waals surface area (Å²) < 4.78 is 1.65. The number of nitrogens with one attached hydrogen (secondary N) is 1. The van der Waals surface area contributed by atoms with Crippen LogP contribution in [0.3, 0.4) is 0 Å². The maximum absolute atomic E-state index is 11.4. The van der Waals surface area contributed by atoms with E-state index < -0.39 is 0 Å². The monoisotopic (exact) mass is 260 g/mol. The lowest BCUT2D eigenvalue weighted by Crippen LogP contribution is -2.20. The third kappa shape index (κ3) is 2.59. The molecular weight excluding hydrogens is 244 g/mol. The summed E-state index contributed by atoms with van der Waals surface area (Å²) in [5, 5.41) is 6.65. The van der Waals surface area contributed by atoms with Crippen LogP contribution in [0.4, 0.5) is 0 Å². The van der Waals surface area contributed by atoms with E-state index in [1.54, 1.807) is 11.7 Å². The fourth-order valence-corrected chi connectivity index (χ4v) is 1.62. The van der Waals surface area contributed by atoms with Crippen molar-refractivity contribution < 1.29 is 4.79 Å². The van der Waals surface area contributed by atoms with E-state index >= 15 is 0 Å². The Morgan fingerprint density at radius 2 is 2.16 bits per heavy atom. The quantitative estimate of drug-likeness (QED) is 0.883. The topological polar surface area (TPSA) is 85.6 Å². The highest BCUT2D eigenvalue weighted by atomic mass is 16.1. The molecule has 2 aromatic rings. The van der Waals surface area contributed by atoms with Crippen LogP contribution in [0.15, 0.2) is 18.7 Å². The fourth-order valence-electron chi connectivity index (χ4n) is 1.62. The van der Waals surface area contributed by atoms with Crippen LogP contribution in [0, 0.1) is 0 Å². The lowest BCUT2D eigenvalue weighted by atomic mass is 10.1. The van der Waals surface area contributed by atoms with E-state index in [-0.39, 0.29) is 17.5 Å². The number of hydrogen-bond acceptors (Lipinski definition) is 5. The first-order valence-electron chi connectivity index (χ1n) is 6.11. The van der Waals surface area contributed by atoms with Gasteiger partial charge in [0.25, 0.3) is 5.91 Å². The third-order valence-corrected chi connectivity index (χ3v) is 2.94. The van der Waals surface area contributed by atoms with Gasteiger partial charge < -0.3 is 5.32 Å². The van der Waals surface area contributed by atoms with Gasteiger partial charge in [-0.25, -0.2) is 15.0 Å². The summed E-state index contributed by atoms with van der Waals surface area (Å²) in [5.41, 5.74) is 0.274. The Kier molecular flexibility index (Phi) is 3.84. The van der Waals surface area contributed by atoms with Gasteiger partial charge in [-0.2, -0.15) is 9.78 Å². The Morgan fingerprint density at radius 1 is 1.37 bits per heavy atom. The van der Waals surface area contributed by atoms with Gasteiger partial charge in [-0.05, 0) is 6.42 Å². The third-order valence-electron chi connectivity index (χ3n) is 2.94. The summed E-state index contributed by atoms with van der Waals surface area (Å²) >= 11 is 0. The van der Waals surface area contributed by atoms with E-state index in [2.05, 4.69) is 39.2 Å². The summed E-state index contributed by atoms with van der Waals surface area (Å²) in [6.45, 7) is 4.16. The lowest BCUT2D eigenvalue weighted by molar-refractivity contribution is 0.0958. The largest absolute Gasteiger partial charge is 0.354 e. The predicted octanol–water partition coefficient (Wildman–Crippen LogP) is 0.930. The summed E-state index contributed by atoms with van der Waals surface area (Å²) in [5.74, 6) is 1.41. The molecule has 1 amide bonds. The molecule has 2 rings (SSSR count). The minimum absolute atomic E-state index is 0.264. The van der Waals surface area contributed by atoms with Crippen LogP contribution < -0.4 is 5.32 Å². The molecule has 0 unspecified atom stereocenters. The van der Waals surface area contributed by atoms with Crippen LogP contribution in [0.2, 0.25) is 0 Å². The van der Waals surface area contributed by atoms with Gasteiger partial charge in [-0.3, -0.25) is 4.79 Å². The molecule has 0 aliphatic heterocycles. The van der Waals surface area contributed by atoms with Crippen LogP contribution in [0.5, 0.6) is 0 Å². The van der Waals surface area contributed by atoms with Crippen molar-refractivity contribution in [1.29, 1.82) is 0 Å². The summed E-state index contributed by atoms with van der Waals surface area (Å²) in [4.78, 5) is 23.9. The SMILES string of the molecule is CC[C@H](C)c1ncnn1-c1cnc(C(=O)NC)cn1. The molecule has 7 heteroatoms. The van der Waals surface area contributed by atoms with Gasteiger partial charge in [0.1, 0.15) is 17.8 Å². The molecule has 100 valence electrons. The Balaban J connectivity index is 2.33. The molecule has 0 bridgehead atoms. The standard InChI is InChI=1S/C12H16N6O/c1-4-8(2)11-16-7-17-18(11)10-6-14-9(5-15-10)12(19)13-3/h5-8H,4H2,1-3H3,(H,13,19)/t8-/m0/s1. The number of carbonyl (C=O) groups is 1. The Morgan fingerprint density at radius 3 is 2.74 bits per heavy atom. The molecule has 2 heterocycles. The zero-order valence-electron chi connectivity index (χ0n) is 11.2. The molecule has 7 nitrogen and oxygen atoms in total. The highest BCUT2D eigenvalue weighted by molar-refractivity contribution is 5.91. The van der Waals surface area contributed by atoms with Crippen molar-refractivity contribution >= 4 is 5.91 Å². The minimum Gasteiger partial charge on any atom is -0.354 e. The summed E-state index contributed by atoms with van der Waals surface area (Å²) in [7, 11) is 1.55. The lowest BCUT2D eigenvalue weighted by Gasteiger charge is -2.09. The molecule has 0 fully saturated rings. The molecule has 0 radical (unpaired) electrons. The molecule has 0 saturated heterocycles. The normalized spacial score (nSPS) is 12.2. The number of hydrogen-bond donors (Lipinski definition) is 1. The van der Waals surface area contributed by atoms with Gasteiger partial charge in [0.05, 0.1) is 12.4 Å². The van der Waals surface area contributed by atoms with Gasteiger partial charge in [0, 0.05) is 13.0 Å². The molecule has 0 aromatic carbocycles. The molecule has 0 aliphatic carbocycles. The first kappa shape index (κ1) is 13.1. The number of nitrogens with zero attached hydrogens (tertiary/aromatic N) is 5. The van der Waals surface area contributed by atoms with Crippen molar-refractivity contribution in [3.05, 3.63) is 30.2 Å². The van der Waals surface area contributed by atoms with Crippen LogP contribution in [0.1, 0.15) is 42.5 Å². The molecule has 19 heavy (non-hydrogen) atoms. The van der Waals surface area contributed by atoms with E-state index in [4.69, 9.17) is 0 Å². The number of rotatable bonds is 4. The van der Waals surface area contributed by atoms with Crippen molar-refractivity contribution in [2.75, 3.05) is 7.05 Å². The van der Waals surface area contributed by atoms with Gasteiger partial charge in [-0.1, -0.05) is 13.8 Å². The number of amides is 1. The van der Waals surface area contributed by atoms with E-state index in [1.807, 2.05) is 0 Å².